The van der Waals surface area contributed by atoms with Crippen molar-refractivity contribution in [1.29, 1.82) is 0 Å². The van der Waals surface area contributed by atoms with E-state index in [0.717, 1.165) is 5.84 Å². The molecule has 2 N–H and O–H groups in total. The molecule has 0 amide bonds. The minimum atomic E-state index is -5.08. The van der Waals surface area contributed by atoms with Gasteiger partial charge in [-0.1, -0.05) is 60.7 Å². The van der Waals surface area contributed by atoms with E-state index in [4.69, 9.17) is 19.6 Å². The van der Waals surface area contributed by atoms with Crippen molar-refractivity contribution in [2.24, 2.45) is 4.99 Å². The maximum Gasteiger partial charge on any atom is 0.490 e. The predicted molar refractivity (Wildman–Crippen MR) is 108 cm³/mol. The molecule has 0 aliphatic carbocycles. The largest absolute Gasteiger partial charge is 0.490 e. The molecule has 3 rings (SSSR count). The summed E-state index contributed by atoms with van der Waals surface area (Å²) in [5, 5.41) is 10.7. The zero-order valence-corrected chi connectivity index (χ0v) is 17.0. The molecule has 1 aliphatic rings. The number of rotatable bonds is 5. The maximum absolute atomic E-state index is 10.6. The molecular weight excluding hydrogens is 397 g/mol. The summed E-state index contributed by atoms with van der Waals surface area (Å²) in [5.74, 6) is -1.84. The molecule has 0 fully saturated rings. The third-order valence-corrected chi connectivity index (χ3v) is 4.52. The molecule has 30 heavy (non-hydrogen) atoms. The molecule has 2 aromatic rings. The molecule has 0 spiro atoms. The molecule has 2 aromatic carbocycles. The number of hydrogen-bond acceptors (Lipinski definition) is 4. The average Bonchev–Trinajstić information content (AvgIpc) is 3.05. The maximum atomic E-state index is 10.6. The summed E-state index contributed by atoms with van der Waals surface area (Å²) in [5.41, 5.74) is 2.18. The smallest absolute Gasteiger partial charge is 0.475 e. The Bertz CT molecular complexity index is 855. The number of amidine groups is 1. The van der Waals surface area contributed by atoms with E-state index in [1.54, 1.807) is 0 Å². The lowest BCUT2D eigenvalue weighted by Crippen LogP contribution is -2.42. The van der Waals surface area contributed by atoms with Gasteiger partial charge >= 0.3 is 12.1 Å². The van der Waals surface area contributed by atoms with E-state index in [1.807, 2.05) is 26.0 Å². The second kappa shape index (κ2) is 9.75. The minimum absolute atomic E-state index is 0.0388. The van der Waals surface area contributed by atoms with Crippen LogP contribution in [0, 0.1) is 0 Å². The number of aliphatic imine (C=N–C) groups is 1. The normalized spacial score (nSPS) is 20.8. The zero-order chi connectivity index (χ0) is 22.4. The molecule has 162 valence electrons. The lowest BCUT2D eigenvalue weighted by Gasteiger charge is -2.32. The highest BCUT2D eigenvalue weighted by molar-refractivity contribution is 5.87. The van der Waals surface area contributed by atoms with Crippen LogP contribution in [0.3, 0.4) is 0 Å². The van der Waals surface area contributed by atoms with Crippen LogP contribution < -0.4 is 5.32 Å². The van der Waals surface area contributed by atoms with Crippen LogP contribution in [0.1, 0.15) is 37.9 Å². The van der Waals surface area contributed by atoms with E-state index >= 15 is 0 Å². The van der Waals surface area contributed by atoms with Crippen molar-refractivity contribution >= 4 is 11.8 Å². The van der Waals surface area contributed by atoms with Gasteiger partial charge in [0.05, 0.1) is 11.6 Å². The SMILES string of the molecule is CC(C)OCC1=N[C@H](c2ccccc2)[C@](C)(c2ccccc2)N1.O=C(O)C(F)(F)F. The fraction of sp³-hybridized carbons (Fsp3) is 0.364. The second-order valence-electron chi connectivity index (χ2n) is 7.25. The summed E-state index contributed by atoms with van der Waals surface area (Å²) >= 11 is 0. The fourth-order valence-corrected chi connectivity index (χ4v) is 3.06. The standard InChI is InChI=1S/C20H24N2O.C2HF3O2/c1-15(2)23-14-18-21-19(16-10-6-4-7-11-16)20(3,22-18)17-12-8-5-9-13-17;3-2(4,5)1(6)7/h4-13,15,19H,14H2,1-3H3,(H,21,22);(H,6,7)/t19-,20+;/m1./s1. The Kier molecular flexibility index (Phi) is 7.61. The summed E-state index contributed by atoms with van der Waals surface area (Å²) in [6.45, 7) is 6.82. The third kappa shape index (κ3) is 6.06. The number of ether oxygens (including phenoxy) is 1. The van der Waals surface area contributed by atoms with E-state index in [2.05, 4.69) is 60.8 Å². The van der Waals surface area contributed by atoms with Gasteiger partial charge in [-0.2, -0.15) is 13.2 Å². The number of nitrogens with one attached hydrogen (secondary N) is 1. The van der Waals surface area contributed by atoms with Gasteiger partial charge in [0.15, 0.2) is 0 Å². The Morgan fingerprint density at radius 1 is 1.13 bits per heavy atom. The monoisotopic (exact) mass is 422 g/mol. The lowest BCUT2D eigenvalue weighted by molar-refractivity contribution is -0.192. The Balaban J connectivity index is 0.000000396. The van der Waals surface area contributed by atoms with Crippen molar-refractivity contribution in [2.45, 2.75) is 44.6 Å². The number of halogens is 3. The third-order valence-electron chi connectivity index (χ3n) is 4.52. The van der Waals surface area contributed by atoms with Gasteiger partial charge in [0.1, 0.15) is 18.5 Å². The van der Waals surface area contributed by atoms with Crippen LogP contribution in [0.25, 0.3) is 0 Å². The molecule has 8 heteroatoms. The predicted octanol–water partition coefficient (Wildman–Crippen LogP) is 4.70. The van der Waals surface area contributed by atoms with E-state index in [9.17, 15) is 13.2 Å². The fourth-order valence-electron chi connectivity index (χ4n) is 3.06. The summed E-state index contributed by atoms with van der Waals surface area (Å²) in [7, 11) is 0. The zero-order valence-electron chi connectivity index (χ0n) is 17.0. The molecule has 0 unspecified atom stereocenters. The number of carboxylic acids is 1. The highest BCUT2D eigenvalue weighted by Gasteiger charge is 2.42. The summed E-state index contributed by atoms with van der Waals surface area (Å²) < 4.78 is 37.5. The quantitative estimate of drug-likeness (QED) is 0.733. The first-order valence-corrected chi connectivity index (χ1v) is 9.41. The van der Waals surface area contributed by atoms with Crippen LogP contribution >= 0.6 is 0 Å². The Morgan fingerprint density at radius 3 is 2.10 bits per heavy atom. The van der Waals surface area contributed by atoms with Crippen LogP contribution in [0.15, 0.2) is 65.7 Å². The first-order chi connectivity index (χ1) is 14.0. The van der Waals surface area contributed by atoms with Crippen molar-refractivity contribution in [1.82, 2.24) is 5.32 Å². The van der Waals surface area contributed by atoms with Gasteiger partial charge in [-0.3, -0.25) is 4.99 Å². The first-order valence-electron chi connectivity index (χ1n) is 9.41. The molecule has 0 saturated carbocycles. The number of alkyl halides is 3. The molecule has 1 aliphatic heterocycles. The van der Waals surface area contributed by atoms with Crippen molar-refractivity contribution < 1.29 is 27.8 Å². The molecule has 5 nitrogen and oxygen atoms in total. The number of carbonyl (C=O) groups is 1. The Morgan fingerprint density at radius 2 is 1.63 bits per heavy atom. The number of carboxylic acid groups (broad SMARTS) is 1. The van der Waals surface area contributed by atoms with Crippen LogP contribution in [0.5, 0.6) is 0 Å². The van der Waals surface area contributed by atoms with Gasteiger partial charge in [0.25, 0.3) is 0 Å². The molecule has 0 aromatic heterocycles. The Hall–Kier alpha value is -2.87. The van der Waals surface area contributed by atoms with Gasteiger partial charge in [-0.25, -0.2) is 4.79 Å². The highest BCUT2D eigenvalue weighted by Crippen LogP contribution is 2.41. The minimum Gasteiger partial charge on any atom is -0.475 e. The second-order valence-corrected chi connectivity index (χ2v) is 7.25. The van der Waals surface area contributed by atoms with Gasteiger partial charge in [-0.05, 0) is 31.9 Å². The summed E-state index contributed by atoms with van der Waals surface area (Å²) in [4.78, 5) is 13.8. The van der Waals surface area contributed by atoms with Crippen molar-refractivity contribution in [3.8, 4) is 0 Å². The molecule has 0 radical (unpaired) electrons. The molecule has 1 heterocycles. The molecule has 0 saturated heterocycles. The van der Waals surface area contributed by atoms with Crippen molar-refractivity contribution in [3.63, 3.8) is 0 Å². The average molecular weight is 422 g/mol. The van der Waals surface area contributed by atoms with Gasteiger partial charge in [-0.15, -0.1) is 0 Å². The topological polar surface area (TPSA) is 70.9 Å². The van der Waals surface area contributed by atoms with Gasteiger partial charge in [0, 0.05) is 0 Å². The van der Waals surface area contributed by atoms with Crippen molar-refractivity contribution in [2.75, 3.05) is 6.61 Å². The summed E-state index contributed by atoms with van der Waals surface area (Å²) in [6, 6.07) is 21.0. The Labute approximate surface area is 173 Å². The first kappa shape index (κ1) is 23.4. The van der Waals surface area contributed by atoms with Crippen LogP contribution in [0.4, 0.5) is 13.2 Å². The van der Waals surface area contributed by atoms with Crippen LogP contribution in [-0.2, 0) is 15.1 Å². The molecule has 0 bridgehead atoms. The lowest BCUT2D eigenvalue weighted by atomic mass is 9.82. The van der Waals surface area contributed by atoms with Crippen LogP contribution in [0.2, 0.25) is 0 Å². The van der Waals surface area contributed by atoms with E-state index < -0.39 is 12.1 Å². The number of hydrogen-bond donors (Lipinski definition) is 2. The van der Waals surface area contributed by atoms with E-state index in [0.29, 0.717) is 6.61 Å². The summed E-state index contributed by atoms with van der Waals surface area (Å²) in [6.07, 6.45) is -4.89. The van der Waals surface area contributed by atoms with E-state index in [1.165, 1.54) is 11.1 Å². The van der Waals surface area contributed by atoms with E-state index in [-0.39, 0.29) is 17.7 Å². The number of nitrogens with zero attached hydrogens (tertiary/aromatic N) is 1. The highest BCUT2D eigenvalue weighted by atomic mass is 19.4. The molecular formula is C22H25F3N2O3. The molecule has 2 atom stereocenters. The van der Waals surface area contributed by atoms with Crippen LogP contribution in [-0.4, -0.2) is 35.8 Å². The van der Waals surface area contributed by atoms with Gasteiger partial charge < -0.3 is 15.2 Å². The number of aliphatic carboxylic acids is 1. The van der Waals surface area contributed by atoms with Crippen molar-refractivity contribution in [3.05, 3.63) is 71.8 Å². The number of benzene rings is 2. The van der Waals surface area contributed by atoms with Gasteiger partial charge in [0.2, 0.25) is 0 Å².